The molecule has 0 fully saturated rings. The van der Waals surface area contributed by atoms with Crippen LogP contribution >= 0.6 is 11.5 Å². The van der Waals surface area contributed by atoms with E-state index in [1.807, 2.05) is 30.9 Å². The zero-order valence-electron chi connectivity index (χ0n) is 11.8. The number of hydrogen-bond donors (Lipinski definition) is 1. The van der Waals surface area contributed by atoms with Crippen molar-refractivity contribution < 1.29 is 9.53 Å². The second-order valence-corrected chi connectivity index (χ2v) is 5.17. The first kappa shape index (κ1) is 14.5. The van der Waals surface area contributed by atoms with Gasteiger partial charge in [-0.05, 0) is 37.9 Å². The van der Waals surface area contributed by atoms with Crippen molar-refractivity contribution in [3.05, 3.63) is 29.2 Å². The number of carbonyl (C=O) groups excluding carboxylic acids is 1. The zero-order chi connectivity index (χ0) is 14.5. The first-order valence-electron chi connectivity index (χ1n) is 6.48. The van der Waals surface area contributed by atoms with Crippen LogP contribution < -0.4 is 5.32 Å². The van der Waals surface area contributed by atoms with Gasteiger partial charge in [0.2, 0.25) is 0 Å². The molecule has 2 heterocycles. The molecule has 0 aliphatic carbocycles. The Labute approximate surface area is 121 Å². The van der Waals surface area contributed by atoms with Crippen LogP contribution in [-0.2, 0) is 11.3 Å². The van der Waals surface area contributed by atoms with Crippen molar-refractivity contribution in [3.8, 4) is 0 Å². The fraction of sp³-hybridized carbons (Fsp3) is 0.462. The predicted molar refractivity (Wildman–Crippen MR) is 78.3 cm³/mol. The molecule has 7 heteroatoms. The van der Waals surface area contributed by atoms with E-state index < -0.39 is 0 Å². The van der Waals surface area contributed by atoms with Crippen LogP contribution in [0, 0.1) is 13.8 Å². The molecule has 20 heavy (non-hydrogen) atoms. The van der Waals surface area contributed by atoms with Gasteiger partial charge in [-0.25, -0.2) is 4.79 Å². The first-order chi connectivity index (χ1) is 9.61. The molecule has 2 aromatic heterocycles. The maximum absolute atomic E-state index is 11.9. The van der Waals surface area contributed by atoms with Crippen LogP contribution in [0.3, 0.4) is 0 Å². The Morgan fingerprint density at radius 2 is 2.30 bits per heavy atom. The Morgan fingerprint density at radius 1 is 1.50 bits per heavy atom. The number of hydrogen-bond acceptors (Lipinski definition) is 6. The minimum absolute atomic E-state index is 0.323. The number of nitrogens with one attached hydrogen (secondary N) is 1. The molecule has 2 rings (SSSR count). The number of aryl methyl sites for hydroxylation is 2. The molecule has 6 nitrogen and oxygen atoms in total. The van der Waals surface area contributed by atoms with Crippen LogP contribution in [0.4, 0.5) is 5.00 Å². The molecule has 0 bridgehead atoms. The maximum atomic E-state index is 11.9. The summed E-state index contributed by atoms with van der Waals surface area (Å²) in [5.74, 6) is -0.323. The molecule has 0 aromatic carbocycles. The van der Waals surface area contributed by atoms with Gasteiger partial charge in [-0.2, -0.15) is 9.47 Å². The van der Waals surface area contributed by atoms with Crippen LogP contribution in [-0.4, -0.2) is 33.3 Å². The summed E-state index contributed by atoms with van der Waals surface area (Å²) in [7, 11) is 0. The monoisotopic (exact) mass is 294 g/mol. The van der Waals surface area contributed by atoms with E-state index in [0.717, 1.165) is 17.1 Å². The highest BCUT2D eigenvalue weighted by molar-refractivity contribution is 7.10. The van der Waals surface area contributed by atoms with E-state index in [-0.39, 0.29) is 5.97 Å². The van der Waals surface area contributed by atoms with Gasteiger partial charge in [0.25, 0.3) is 0 Å². The van der Waals surface area contributed by atoms with E-state index in [0.29, 0.717) is 24.4 Å². The third kappa shape index (κ3) is 3.36. The molecule has 0 radical (unpaired) electrons. The van der Waals surface area contributed by atoms with Crippen LogP contribution in [0.1, 0.15) is 28.5 Å². The number of carbonyl (C=O) groups is 1. The third-order valence-corrected chi connectivity index (χ3v) is 3.63. The van der Waals surface area contributed by atoms with E-state index in [1.165, 1.54) is 11.5 Å². The fourth-order valence-corrected chi connectivity index (χ4v) is 2.62. The van der Waals surface area contributed by atoms with Crippen LogP contribution in [0.15, 0.2) is 12.4 Å². The summed E-state index contributed by atoms with van der Waals surface area (Å²) < 4.78 is 11.1. The number of aromatic nitrogens is 3. The molecule has 0 aliphatic heterocycles. The highest BCUT2D eigenvalue weighted by Gasteiger charge is 2.19. The molecule has 2 aromatic rings. The van der Waals surface area contributed by atoms with Gasteiger partial charge in [-0.1, -0.05) is 0 Å². The Morgan fingerprint density at radius 3 is 2.95 bits per heavy atom. The van der Waals surface area contributed by atoms with Crippen molar-refractivity contribution >= 4 is 22.5 Å². The van der Waals surface area contributed by atoms with Gasteiger partial charge >= 0.3 is 5.97 Å². The number of ether oxygens (including phenoxy) is 1. The molecule has 0 unspecified atom stereocenters. The maximum Gasteiger partial charge on any atom is 0.343 e. The van der Waals surface area contributed by atoms with Crippen LogP contribution in [0.25, 0.3) is 0 Å². The van der Waals surface area contributed by atoms with Crippen molar-refractivity contribution in [2.45, 2.75) is 27.3 Å². The lowest BCUT2D eigenvalue weighted by molar-refractivity contribution is 0.0527. The quantitative estimate of drug-likeness (QED) is 0.828. The van der Waals surface area contributed by atoms with Crippen LogP contribution in [0.2, 0.25) is 0 Å². The predicted octanol–water partition coefficient (Wildman–Crippen LogP) is 2.25. The lowest BCUT2D eigenvalue weighted by atomic mass is 10.2. The van der Waals surface area contributed by atoms with Gasteiger partial charge in [-0.3, -0.25) is 4.68 Å². The molecule has 1 N–H and O–H groups in total. The Hall–Kier alpha value is -1.89. The highest BCUT2D eigenvalue weighted by atomic mass is 32.1. The molecular formula is C13H18N4O2S. The van der Waals surface area contributed by atoms with Crippen molar-refractivity contribution in [2.75, 3.05) is 18.5 Å². The molecule has 0 aliphatic rings. The minimum Gasteiger partial charge on any atom is -0.462 e. The lowest BCUT2D eigenvalue weighted by Crippen LogP contribution is -2.13. The molecule has 0 spiro atoms. The van der Waals surface area contributed by atoms with E-state index >= 15 is 0 Å². The summed E-state index contributed by atoms with van der Waals surface area (Å²) in [6, 6.07) is 0. The number of esters is 1. The molecular weight excluding hydrogens is 276 g/mol. The summed E-state index contributed by atoms with van der Waals surface area (Å²) in [4.78, 5) is 11.9. The van der Waals surface area contributed by atoms with Crippen molar-refractivity contribution in [3.63, 3.8) is 0 Å². The number of rotatable bonds is 6. The van der Waals surface area contributed by atoms with E-state index in [1.54, 1.807) is 6.92 Å². The molecule has 108 valence electrons. The van der Waals surface area contributed by atoms with Gasteiger partial charge in [-0.15, -0.1) is 0 Å². The first-order valence-corrected chi connectivity index (χ1v) is 7.25. The van der Waals surface area contributed by atoms with Crippen molar-refractivity contribution in [1.82, 2.24) is 14.2 Å². The summed E-state index contributed by atoms with van der Waals surface area (Å²) >= 11 is 1.28. The molecule has 0 amide bonds. The average Bonchev–Trinajstić information content (AvgIpc) is 2.97. The zero-order valence-corrected chi connectivity index (χ0v) is 12.7. The number of anilines is 1. The Kier molecular flexibility index (Phi) is 4.73. The molecule has 0 saturated heterocycles. The summed E-state index contributed by atoms with van der Waals surface area (Å²) in [6.45, 7) is 7.37. The minimum atomic E-state index is -0.323. The second-order valence-electron chi connectivity index (χ2n) is 4.40. The molecule has 0 atom stereocenters. The topological polar surface area (TPSA) is 69.0 Å². The number of nitrogens with zero attached hydrogens (tertiary/aromatic N) is 3. The van der Waals surface area contributed by atoms with Crippen molar-refractivity contribution in [2.24, 2.45) is 0 Å². The van der Waals surface area contributed by atoms with Gasteiger partial charge in [0, 0.05) is 12.7 Å². The summed E-state index contributed by atoms with van der Waals surface area (Å²) in [5.41, 5.74) is 2.37. The summed E-state index contributed by atoms with van der Waals surface area (Å²) in [5, 5.41) is 8.19. The standard InChI is InChI=1S/C13H18N4O2S/c1-4-19-13(18)11-10(3)16-20-12(11)14-5-6-17-8-9(2)7-15-17/h7-8,14H,4-6H2,1-3H3. The molecule has 0 saturated carbocycles. The largest absolute Gasteiger partial charge is 0.462 e. The normalized spacial score (nSPS) is 10.6. The Balaban J connectivity index is 1.97. The van der Waals surface area contributed by atoms with E-state index in [2.05, 4.69) is 14.8 Å². The van der Waals surface area contributed by atoms with Gasteiger partial charge in [0.05, 0.1) is 25.0 Å². The van der Waals surface area contributed by atoms with Crippen molar-refractivity contribution in [1.29, 1.82) is 0 Å². The second kappa shape index (κ2) is 6.51. The van der Waals surface area contributed by atoms with Gasteiger partial charge < -0.3 is 10.1 Å². The fourth-order valence-electron chi connectivity index (χ4n) is 1.81. The summed E-state index contributed by atoms with van der Waals surface area (Å²) in [6.07, 6.45) is 3.80. The van der Waals surface area contributed by atoms with E-state index in [9.17, 15) is 4.79 Å². The smallest absolute Gasteiger partial charge is 0.343 e. The SMILES string of the molecule is CCOC(=O)c1c(C)nsc1NCCn1cc(C)cn1. The Bertz CT molecular complexity index is 591. The lowest BCUT2D eigenvalue weighted by Gasteiger charge is -2.07. The third-order valence-electron chi connectivity index (χ3n) is 2.73. The van der Waals surface area contributed by atoms with Crippen LogP contribution in [0.5, 0.6) is 0 Å². The average molecular weight is 294 g/mol. The van der Waals surface area contributed by atoms with Gasteiger partial charge in [0.1, 0.15) is 10.6 Å². The van der Waals surface area contributed by atoms with Gasteiger partial charge in [0.15, 0.2) is 0 Å². The highest BCUT2D eigenvalue weighted by Crippen LogP contribution is 2.25. The van der Waals surface area contributed by atoms with E-state index in [4.69, 9.17) is 4.74 Å².